The average molecular weight is 451 g/mol. The van der Waals surface area contributed by atoms with E-state index in [1.165, 1.54) is 4.57 Å². The second-order valence-corrected chi connectivity index (χ2v) is 7.35. The fourth-order valence-corrected chi connectivity index (χ4v) is 3.30. The number of benzene rings is 2. The van der Waals surface area contributed by atoms with E-state index in [4.69, 9.17) is 10.5 Å². The average Bonchev–Trinajstić information content (AvgIpc) is 2.82. The minimum atomic E-state index is -0.806. The number of nitrogen functional groups attached to an aromatic ring is 1. The van der Waals surface area contributed by atoms with Gasteiger partial charge in [0.25, 0.3) is 5.56 Å². The topological polar surface area (TPSA) is 138 Å². The maximum Gasteiger partial charge on any atom is 0.411 e. The Hall–Kier alpha value is -4.21. The minimum Gasteiger partial charge on any atom is -0.444 e. The number of ether oxygens (including phenoxy) is 1. The molecule has 0 bridgehead atoms. The third-order valence-corrected chi connectivity index (χ3v) is 5.02. The van der Waals surface area contributed by atoms with Crippen molar-refractivity contribution in [2.24, 2.45) is 5.18 Å². The number of carbonyl (C=O) groups is 1. The van der Waals surface area contributed by atoms with Crippen molar-refractivity contribution in [3.05, 3.63) is 91.5 Å². The van der Waals surface area contributed by atoms with Gasteiger partial charge in [0.2, 0.25) is 5.69 Å². The molecule has 0 aliphatic heterocycles. The van der Waals surface area contributed by atoms with Crippen molar-refractivity contribution in [3.63, 3.8) is 0 Å². The van der Waals surface area contributed by atoms with Crippen molar-refractivity contribution in [2.75, 3.05) is 11.1 Å². The number of carbonyl (C=O) groups excluding carboxylic acids is 1. The molecule has 0 aliphatic carbocycles. The first-order valence-corrected chi connectivity index (χ1v) is 10.5. The van der Waals surface area contributed by atoms with Crippen molar-refractivity contribution in [1.82, 2.24) is 9.13 Å². The summed E-state index contributed by atoms with van der Waals surface area (Å²) >= 11 is 0. The summed E-state index contributed by atoms with van der Waals surface area (Å²) in [4.78, 5) is 48.2. The Balaban J connectivity index is 1.64. The van der Waals surface area contributed by atoms with Crippen LogP contribution in [0.1, 0.15) is 24.5 Å². The van der Waals surface area contributed by atoms with Crippen LogP contribution in [0.15, 0.2) is 69.4 Å². The van der Waals surface area contributed by atoms with Crippen LogP contribution in [0.25, 0.3) is 0 Å². The molecule has 1 amide bonds. The number of amides is 1. The van der Waals surface area contributed by atoms with Crippen LogP contribution in [0.4, 0.5) is 22.0 Å². The summed E-state index contributed by atoms with van der Waals surface area (Å²) in [6.45, 7) is 2.33. The lowest BCUT2D eigenvalue weighted by molar-refractivity contribution is 0.155. The monoisotopic (exact) mass is 451 g/mol. The van der Waals surface area contributed by atoms with E-state index >= 15 is 0 Å². The molecule has 0 radical (unpaired) electrons. The SMILES string of the molecule is CCCn1c(N)c(N=O)c(=O)n(CCc2ccc(NC(=O)OCc3ccccc3)cc2)c1=O. The molecule has 0 spiro atoms. The number of nitrogens with two attached hydrogens (primary N) is 1. The minimum absolute atomic E-state index is 0.0517. The van der Waals surface area contributed by atoms with Gasteiger partial charge in [-0.2, -0.15) is 0 Å². The van der Waals surface area contributed by atoms with Crippen LogP contribution < -0.4 is 22.3 Å². The molecule has 0 atom stereocenters. The first-order valence-electron chi connectivity index (χ1n) is 10.5. The van der Waals surface area contributed by atoms with E-state index in [1.54, 1.807) is 24.3 Å². The molecule has 3 N–H and O–H groups in total. The number of nitroso groups, excluding NO2 is 1. The molecule has 172 valence electrons. The van der Waals surface area contributed by atoms with Gasteiger partial charge in [-0.15, -0.1) is 4.91 Å². The van der Waals surface area contributed by atoms with Crippen LogP contribution in [0.5, 0.6) is 0 Å². The van der Waals surface area contributed by atoms with Crippen molar-refractivity contribution in [3.8, 4) is 0 Å². The molecule has 10 nitrogen and oxygen atoms in total. The Kier molecular flexibility index (Phi) is 7.74. The molecule has 0 saturated heterocycles. The summed E-state index contributed by atoms with van der Waals surface area (Å²) in [6, 6.07) is 16.2. The first kappa shape index (κ1) is 23.5. The molecule has 0 saturated carbocycles. The smallest absolute Gasteiger partial charge is 0.411 e. The second-order valence-electron chi connectivity index (χ2n) is 7.35. The van der Waals surface area contributed by atoms with E-state index in [-0.39, 0.29) is 25.5 Å². The molecule has 2 aromatic carbocycles. The molecule has 33 heavy (non-hydrogen) atoms. The Labute approximate surface area is 189 Å². The normalized spacial score (nSPS) is 10.6. The van der Waals surface area contributed by atoms with Gasteiger partial charge in [0.05, 0.1) is 0 Å². The Morgan fingerprint density at radius 3 is 2.33 bits per heavy atom. The van der Waals surface area contributed by atoms with Crippen molar-refractivity contribution in [1.29, 1.82) is 0 Å². The number of rotatable bonds is 9. The maximum atomic E-state index is 12.7. The third kappa shape index (κ3) is 5.73. The van der Waals surface area contributed by atoms with Gasteiger partial charge in [-0.25, -0.2) is 9.59 Å². The van der Waals surface area contributed by atoms with E-state index in [1.807, 2.05) is 37.3 Å². The zero-order chi connectivity index (χ0) is 23.8. The van der Waals surface area contributed by atoms with Crippen LogP contribution in [0.2, 0.25) is 0 Å². The summed E-state index contributed by atoms with van der Waals surface area (Å²) in [5.41, 5.74) is 6.18. The number of aryl methyl sites for hydroxylation is 1. The Bertz CT molecular complexity index is 1230. The van der Waals surface area contributed by atoms with Crippen molar-refractivity contribution >= 4 is 23.3 Å². The van der Waals surface area contributed by atoms with Gasteiger partial charge in [0.1, 0.15) is 12.4 Å². The molecular weight excluding hydrogens is 426 g/mol. The second kappa shape index (κ2) is 10.9. The van der Waals surface area contributed by atoms with Gasteiger partial charge in [-0.05, 0) is 41.3 Å². The zero-order valence-corrected chi connectivity index (χ0v) is 18.2. The summed E-state index contributed by atoms with van der Waals surface area (Å²) in [5.74, 6) is -0.215. The lowest BCUT2D eigenvalue weighted by Crippen LogP contribution is -2.41. The van der Waals surface area contributed by atoms with E-state index in [0.29, 0.717) is 18.5 Å². The lowest BCUT2D eigenvalue weighted by Gasteiger charge is -2.13. The van der Waals surface area contributed by atoms with Gasteiger partial charge < -0.3 is 10.5 Å². The van der Waals surface area contributed by atoms with E-state index < -0.39 is 23.0 Å². The standard InChI is InChI=1S/C23H25N5O5/c1-2-13-27-20(24)19(26-32)21(29)28(23(27)31)14-12-16-8-10-18(11-9-16)25-22(30)33-15-17-6-4-3-5-7-17/h3-11H,2,12-15,24H2,1H3,(H,25,30). The predicted molar refractivity (Wildman–Crippen MR) is 126 cm³/mol. The van der Waals surface area contributed by atoms with Crippen LogP contribution in [-0.2, 0) is 30.9 Å². The predicted octanol–water partition coefficient (Wildman–Crippen LogP) is 3.39. The van der Waals surface area contributed by atoms with Gasteiger partial charge >= 0.3 is 11.8 Å². The quantitative estimate of drug-likeness (QED) is 0.478. The molecule has 1 heterocycles. The van der Waals surface area contributed by atoms with Crippen LogP contribution >= 0.6 is 0 Å². The largest absolute Gasteiger partial charge is 0.444 e. The molecule has 10 heteroatoms. The number of anilines is 2. The number of aromatic nitrogens is 2. The molecule has 1 aromatic heterocycles. The van der Waals surface area contributed by atoms with Crippen LogP contribution in [0, 0.1) is 4.91 Å². The summed E-state index contributed by atoms with van der Waals surface area (Å²) in [7, 11) is 0. The molecule has 3 rings (SSSR count). The van der Waals surface area contributed by atoms with Crippen LogP contribution in [-0.4, -0.2) is 15.2 Å². The Morgan fingerprint density at radius 2 is 1.70 bits per heavy atom. The molecular formula is C23H25N5O5. The van der Waals surface area contributed by atoms with E-state index in [0.717, 1.165) is 15.7 Å². The highest BCUT2D eigenvalue weighted by molar-refractivity contribution is 5.84. The van der Waals surface area contributed by atoms with Gasteiger partial charge in [0.15, 0.2) is 0 Å². The molecule has 0 fully saturated rings. The maximum absolute atomic E-state index is 12.7. The number of hydrogen-bond acceptors (Lipinski definition) is 7. The highest BCUT2D eigenvalue weighted by Gasteiger charge is 2.17. The number of hydrogen-bond donors (Lipinski definition) is 2. The summed E-state index contributed by atoms with van der Waals surface area (Å²) in [5, 5.41) is 5.37. The zero-order valence-electron chi connectivity index (χ0n) is 18.2. The number of nitrogens with zero attached hydrogens (tertiary/aromatic N) is 3. The fraction of sp³-hybridized carbons (Fsp3) is 0.261. The molecule has 0 unspecified atom stereocenters. The van der Waals surface area contributed by atoms with Crippen molar-refractivity contribution < 1.29 is 9.53 Å². The Morgan fingerprint density at radius 1 is 1.00 bits per heavy atom. The molecule has 0 aliphatic rings. The highest BCUT2D eigenvalue weighted by atomic mass is 16.5. The summed E-state index contributed by atoms with van der Waals surface area (Å²) < 4.78 is 7.34. The van der Waals surface area contributed by atoms with Crippen LogP contribution in [0.3, 0.4) is 0 Å². The van der Waals surface area contributed by atoms with Crippen molar-refractivity contribution in [2.45, 2.75) is 39.5 Å². The summed E-state index contributed by atoms with van der Waals surface area (Å²) in [6.07, 6.45) is 0.371. The highest BCUT2D eigenvalue weighted by Crippen LogP contribution is 2.15. The van der Waals surface area contributed by atoms with Gasteiger partial charge in [-0.3, -0.25) is 19.2 Å². The fourth-order valence-electron chi connectivity index (χ4n) is 3.30. The lowest BCUT2D eigenvalue weighted by atomic mass is 10.1. The van der Waals surface area contributed by atoms with Gasteiger partial charge in [-0.1, -0.05) is 49.4 Å². The molecule has 3 aromatic rings. The third-order valence-electron chi connectivity index (χ3n) is 5.02. The van der Waals surface area contributed by atoms with E-state index in [2.05, 4.69) is 10.5 Å². The number of nitrogens with one attached hydrogen (secondary N) is 1. The first-order chi connectivity index (χ1) is 15.9. The van der Waals surface area contributed by atoms with E-state index in [9.17, 15) is 19.3 Å². The van der Waals surface area contributed by atoms with Gasteiger partial charge in [0, 0.05) is 18.8 Å².